The molecule has 0 unspecified atom stereocenters. The number of para-hydroxylation sites is 2. The van der Waals surface area contributed by atoms with Gasteiger partial charge in [-0.3, -0.25) is 25.0 Å². The minimum Gasteiger partial charge on any atom is -0.336 e. The molecule has 138 valence electrons. The van der Waals surface area contributed by atoms with E-state index in [1.807, 2.05) is 54.6 Å². The molecule has 2 aromatic heterocycles. The van der Waals surface area contributed by atoms with Crippen LogP contribution in [0.3, 0.4) is 0 Å². The molecule has 0 atom stereocenters. The molecule has 0 aliphatic heterocycles. The number of amides is 2. The summed E-state index contributed by atoms with van der Waals surface area (Å²) in [4.78, 5) is 32.1. The highest BCUT2D eigenvalue weighted by molar-refractivity contribution is 7.71. The van der Waals surface area contributed by atoms with Crippen molar-refractivity contribution in [1.29, 1.82) is 0 Å². The Labute approximate surface area is 165 Å². The number of carbonyl (C=O) groups excluding carboxylic acids is 2. The van der Waals surface area contributed by atoms with Crippen molar-refractivity contribution >= 4 is 34.9 Å². The van der Waals surface area contributed by atoms with E-state index in [9.17, 15) is 9.59 Å². The highest BCUT2D eigenvalue weighted by atomic mass is 32.1. The summed E-state index contributed by atoms with van der Waals surface area (Å²) in [7, 11) is 0. The molecule has 0 aliphatic rings. The molecule has 0 bridgehead atoms. The lowest BCUT2D eigenvalue weighted by Gasteiger charge is -2.10. The van der Waals surface area contributed by atoms with Crippen LogP contribution in [-0.4, -0.2) is 26.3 Å². The van der Waals surface area contributed by atoms with E-state index >= 15 is 0 Å². The van der Waals surface area contributed by atoms with Crippen molar-refractivity contribution in [2.45, 2.75) is 0 Å². The number of pyridine rings is 1. The summed E-state index contributed by atoms with van der Waals surface area (Å²) in [5, 5.41) is 0.928. The van der Waals surface area contributed by atoms with Crippen molar-refractivity contribution in [3.8, 4) is 5.69 Å². The van der Waals surface area contributed by atoms with Crippen molar-refractivity contribution in [1.82, 2.24) is 25.4 Å². The molecule has 4 aromatic rings. The van der Waals surface area contributed by atoms with Gasteiger partial charge in [0.1, 0.15) is 11.4 Å². The van der Waals surface area contributed by atoms with Gasteiger partial charge in [0.2, 0.25) is 0 Å². The quantitative estimate of drug-likeness (QED) is 0.371. The van der Waals surface area contributed by atoms with Crippen LogP contribution < -0.4 is 10.9 Å². The Hall–Kier alpha value is -3.78. The molecule has 3 N–H and O–H groups in total. The first-order chi connectivity index (χ1) is 13.6. The standard InChI is InChI=1S/C20H15N5O2S/c26-18(16-11-10-13-6-4-5-9-15(13)22-16)23-24-19(27)17-12-21-20(28)25(17)14-7-2-1-3-8-14/h1-12H,(H,21,28)(H,23,26)(H,24,27). The normalized spacial score (nSPS) is 10.6. The van der Waals surface area contributed by atoms with Crippen molar-refractivity contribution in [3.63, 3.8) is 0 Å². The van der Waals surface area contributed by atoms with Gasteiger partial charge in [0.15, 0.2) is 4.77 Å². The fourth-order valence-corrected chi connectivity index (χ4v) is 3.07. The zero-order chi connectivity index (χ0) is 19.5. The fourth-order valence-electron chi connectivity index (χ4n) is 2.80. The molecule has 0 saturated heterocycles. The largest absolute Gasteiger partial charge is 0.336 e. The molecule has 2 amide bonds. The van der Waals surface area contributed by atoms with Gasteiger partial charge in [-0.15, -0.1) is 0 Å². The molecule has 0 radical (unpaired) electrons. The lowest BCUT2D eigenvalue weighted by atomic mass is 10.2. The first kappa shape index (κ1) is 17.6. The van der Waals surface area contributed by atoms with Crippen LogP contribution in [0.25, 0.3) is 16.6 Å². The summed E-state index contributed by atoms with van der Waals surface area (Å²) in [6.45, 7) is 0. The number of benzene rings is 2. The van der Waals surface area contributed by atoms with Crippen LogP contribution in [-0.2, 0) is 0 Å². The van der Waals surface area contributed by atoms with Crippen molar-refractivity contribution in [2.75, 3.05) is 0 Å². The second-order valence-corrected chi connectivity index (χ2v) is 6.33. The van der Waals surface area contributed by atoms with Crippen LogP contribution in [0.4, 0.5) is 0 Å². The minimum atomic E-state index is -0.514. The predicted octanol–water partition coefficient (Wildman–Crippen LogP) is 3.16. The van der Waals surface area contributed by atoms with Gasteiger partial charge in [-0.25, -0.2) is 4.98 Å². The van der Waals surface area contributed by atoms with Crippen molar-refractivity contribution in [3.05, 3.63) is 89.1 Å². The third-order valence-electron chi connectivity index (χ3n) is 4.14. The monoisotopic (exact) mass is 389 g/mol. The number of imidazole rings is 1. The maximum atomic E-state index is 12.6. The van der Waals surface area contributed by atoms with Crippen LogP contribution in [0.2, 0.25) is 0 Å². The number of carbonyl (C=O) groups is 2. The molecule has 4 rings (SSSR count). The first-order valence-electron chi connectivity index (χ1n) is 8.46. The maximum Gasteiger partial charge on any atom is 0.288 e. The molecular formula is C20H15N5O2S. The number of hydrogen-bond acceptors (Lipinski definition) is 4. The van der Waals surface area contributed by atoms with Crippen LogP contribution in [0.15, 0.2) is 72.9 Å². The average molecular weight is 389 g/mol. The minimum absolute atomic E-state index is 0.202. The summed E-state index contributed by atoms with van der Waals surface area (Å²) in [5.41, 5.74) is 6.70. The summed E-state index contributed by atoms with van der Waals surface area (Å²) < 4.78 is 1.96. The highest BCUT2D eigenvalue weighted by Gasteiger charge is 2.16. The lowest BCUT2D eigenvalue weighted by Crippen LogP contribution is -2.42. The summed E-state index contributed by atoms with van der Waals surface area (Å²) in [6.07, 6.45) is 1.49. The SMILES string of the molecule is O=C(NNC(=O)c1c[nH]c(=S)n1-c1ccccc1)c1ccc2ccccc2n1. The molecule has 8 heteroatoms. The van der Waals surface area contributed by atoms with Gasteiger partial charge in [0, 0.05) is 17.3 Å². The van der Waals surface area contributed by atoms with Crippen LogP contribution >= 0.6 is 12.2 Å². The topological polar surface area (TPSA) is 91.8 Å². The number of aromatic nitrogens is 3. The van der Waals surface area contributed by atoms with Gasteiger partial charge in [-0.1, -0.05) is 42.5 Å². The maximum absolute atomic E-state index is 12.6. The summed E-state index contributed by atoms with van der Waals surface area (Å²) in [5.74, 6) is -1.02. The van der Waals surface area contributed by atoms with E-state index in [1.54, 1.807) is 16.7 Å². The highest BCUT2D eigenvalue weighted by Crippen LogP contribution is 2.13. The molecule has 0 saturated carbocycles. The second-order valence-electron chi connectivity index (χ2n) is 5.95. The van der Waals surface area contributed by atoms with Gasteiger partial charge < -0.3 is 4.98 Å². The van der Waals surface area contributed by atoms with Crippen LogP contribution in [0, 0.1) is 4.77 Å². The number of aromatic amines is 1. The Morgan fingerprint density at radius 1 is 0.893 bits per heavy atom. The van der Waals surface area contributed by atoms with E-state index in [1.165, 1.54) is 6.20 Å². The summed E-state index contributed by atoms with van der Waals surface area (Å²) >= 11 is 5.26. The number of nitrogens with one attached hydrogen (secondary N) is 3. The van der Waals surface area contributed by atoms with Gasteiger partial charge in [0.25, 0.3) is 11.8 Å². The Balaban J connectivity index is 1.52. The third kappa shape index (κ3) is 3.40. The number of hydrazine groups is 1. The Morgan fingerprint density at radius 3 is 2.43 bits per heavy atom. The molecule has 2 heterocycles. The van der Waals surface area contributed by atoms with E-state index in [-0.39, 0.29) is 11.4 Å². The molecule has 0 spiro atoms. The summed E-state index contributed by atoms with van der Waals surface area (Å²) in [6, 6.07) is 20.1. The Bertz CT molecular complexity index is 1230. The molecular weight excluding hydrogens is 374 g/mol. The zero-order valence-corrected chi connectivity index (χ0v) is 15.4. The second kappa shape index (κ2) is 7.45. The molecule has 7 nitrogen and oxygen atoms in total. The van der Waals surface area contributed by atoms with E-state index in [2.05, 4.69) is 20.8 Å². The Morgan fingerprint density at radius 2 is 1.61 bits per heavy atom. The molecule has 28 heavy (non-hydrogen) atoms. The predicted molar refractivity (Wildman–Crippen MR) is 108 cm³/mol. The third-order valence-corrected chi connectivity index (χ3v) is 4.44. The van der Waals surface area contributed by atoms with Gasteiger partial charge in [-0.05, 0) is 36.5 Å². The van der Waals surface area contributed by atoms with E-state index in [0.717, 1.165) is 11.1 Å². The van der Waals surface area contributed by atoms with Crippen molar-refractivity contribution in [2.24, 2.45) is 0 Å². The molecule has 0 fully saturated rings. The first-order valence-corrected chi connectivity index (χ1v) is 8.86. The number of nitrogens with zero attached hydrogens (tertiary/aromatic N) is 2. The number of H-pyrrole nitrogens is 1. The smallest absolute Gasteiger partial charge is 0.288 e. The van der Waals surface area contributed by atoms with E-state index in [4.69, 9.17) is 12.2 Å². The van der Waals surface area contributed by atoms with E-state index < -0.39 is 11.8 Å². The van der Waals surface area contributed by atoms with Gasteiger partial charge in [-0.2, -0.15) is 0 Å². The van der Waals surface area contributed by atoms with Crippen LogP contribution in [0.5, 0.6) is 0 Å². The lowest BCUT2D eigenvalue weighted by molar-refractivity contribution is 0.0840. The number of hydrogen-bond donors (Lipinski definition) is 3. The average Bonchev–Trinajstić information content (AvgIpc) is 3.13. The molecule has 2 aromatic carbocycles. The fraction of sp³-hybridized carbons (Fsp3) is 0. The molecule has 0 aliphatic carbocycles. The van der Waals surface area contributed by atoms with Gasteiger partial charge in [0.05, 0.1) is 5.52 Å². The van der Waals surface area contributed by atoms with Crippen LogP contribution in [0.1, 0.15) is 21.0 Å². The number of rotatable bonds is 3. The zero-order valence-electron chi connectivity index (χ0n) is 14.5. The number of fused-ring (bicyclic) bond motifs is 1. The Kier molecular flexibility index (Phi) is 4.69. The van der Waals surface area contributed by atoms with Crippen molar-refractivity contribution < 1.29 is 9.59 Å². The van der Waals surface area contributed by atoms with E-state index in [0.29, 0.717) is 10.3 Å². The van der Waals surface area contributed by atoms with Gasteiger partial charge >= 0.3 is 0 Å².